The van der Waals surface area contributed by atoms with Gasteiger partial charge in [0.25, 0.3) is 0 Å². The van der Waals surface area contributed by atoms with Crippen molar-refractivity contribution in [2.45, 2.75) is 22.7 Å². The fraction of sp³-hybridized carbons (Fsp3) is 0.188. The number of methoxy groups -OCH3 is 2. The first-order valence-electron chi connectivity index (χ1n) is 12.2. The molecule has 0 unspecified atom stereocenters. The van der Waals surface area contributed by atoms with E-state index in [0.717, 1.165) is 44.5 Å². The summed E-state index contributed by atoms with van der Waals surface area (Å²) < 4.78 is 11.2. The highest BCUT2D eigenvalue weighted by Crippen LogP contribution is 2.79. The van der Waals surface area contributed by atoms with Crippen LogP contribution >= 0.6 is 0 Å². The first-order chi connectivity index (χ1) is 17.6. The smallest absolute Gasteiger partial charge is 0.318 e. The maximum atomic E-state index is 14.3. The average molecular weight is 473 g/mol. The summed E-state index contributed by atoms with van der Waals surface area (Å²) in [5.74, 6) is -1.43. The van der Waals surface area contributed by atoms with Crippen LogP contribution in [0.25, 0.3) is 22.3 Å². The molecule has 36 heavy (non-hydrogen) atoms. The molecule has 0 amide bonds. The van der Waals surface area contributed by atoms with Crippen LogP contribution in [0.1, 0.15) is 34.1 Å². The zero-order valence-electron chi connectivity index (χ0n) is 20.0. The summed E-state index contributed by atoms with van der Waals surface area (Å²) in [7, 11) is 2.83. The Morgan fingerprint density at radius 3 is 1.25 bits per heavy atom. The molecule has 4 aromatic carbocycles. The normalized spacial score (nSPS) is 25.9. The summed E-state index contributed by atoms with van der Waals surface area (Å²) in [5, 5.41) is 0. The van der Waals surface area contributed by atoms with Crippen molar-refractivity contribution in [1.29, 1.82) is 0 Å². The Morgan fingerprint density at radius 2 is 0.861 bits per heavy atom. The van der Waals surface area contributed by atoms with Gasteiger partial charge in [0.15, 0.2) is 0 Å². The number of carbonyl (C=O) groups is 2. The summed E-state index contributed by atoms with van der Waals surface area (Å²) in [6.45, 7) is 0. The number of esters is 2. The highest BCUT2D eigenvalue weighted by atomic mass is 16.5. The van der Waals surface area contributed by atoms with E-state index in [2.05, 4.69) is 24.3 Å². The lowest BCUT2D eigenvalue weighted by Crippen LogP contribution is -2.76. The summed E-state index contributed by atoms with van der Waals surface area (Å²) in [6.07, 6.45) is 0. The molecular formula is C32H24O4. The summed E-state index contributed by atoms with van der Waals surface area (Å²) in [4.78, 5) is 28.6. The largest absolute Gasteiger partial charge is 0.468 e. The minimum absolute atomic E-state index is 0.301. The number of carbonyl (C=O) groups excluding carboxylic acids is 2. The fourth-order valence-corrected chi connectivity index (χ4v) is 7.75. The number of hydrogen-bond donors (Lipinski definition) is 0. The van der Waals surface area contributed by atoms with Gasteiger partial charge in [0.05, 0.1) is 14.2 Å². The highest BCUT2D eigenvalue weighted by molar-refractivity contribution is 6.08. The van der Waals surface area contributed by atoms with Crippen LogP contribution in [-0.4, -0.2) is 26.2 Å². The SMILES string of the molecule is COC(=O)[C@]12c3ccccc3-c3ccccc3[C@H]1[C@@H]1c3ccccc3-c3ccccc3[C@@]12C(=O)OC. The van der Waals surface area contributed by atoms with Crippen LogP contribution < -0.4 is 0 Å². The van der Waals surface area contributed by atoms with E-state index in [9.17, 15) is 9.59 Å². The summed E-state index contributed by atoms with van der Waals surface area (Å²) in [6, 6.07) is 32.4. The van der Waals surface area contributed by atoms with Gasteiger partial charge in [-0.05, 0) is 44.5 Å². The van der Waals surface area contributed by atoms with Crippen LogP contribution in [0.5, 0.6) is 0 Å². The quantitative estimate of drug-likeness (QED) is 0.349. The lowest BCUT2D eigenvalue weighted by Gasteiger charge is -2.69. The molecule has 7 rings (SSSR count). The zero-order valence-corrected chi connectivity index (χ0v) is 20.0. The lowest BCUT2D eigenvalue weighted by atomic mass is 9.29. The van der Waals surface area contributed by atoms with E-state index in [1.165, 1.54) is 14.2 Å². The van der Waals surface area contributed by atoms with Gasteiger partial charge in [0.2, 0.25) is 0 Å². The van der Waals surface area contributed by atoms with Gasteiger partial charge >= 0.3 is 11.9 Å². The Hall–Kier alpha value is -4.18. The van der Waals surface area contributed by atoms with Crippen LogP contribution in [0, 0.1) is 0 Å². The Balaban J connectivity index is 1.71. The first kappa shape index (κ1) is 21.1. The number of ether oxygens (including phenoxy) is 2. The van der Waals surface area contributed by atoms with Gasteiger partial charge in [-0.25, -0.2) is 0 Å². The minimum atomic E-state index is -1.28. The third-order valence-electron chi connectivity index (χ3n) is 8.78. The van der Waals surface area contributed by atoms with Crippen molar-refractivity contribution in [2.24, 2.45) is 0 Å². The van der Waals surface area contributed by atoms with Crippen LogP contribution in [-0.2, 0) is 29.9 Å². The molecule has 0 N–H and O–H groups in total. The Bertz CT molecular complexity index is 1470. The second kappa shape index (κ2) is 7.17. The highest BCUT2D eigenvalue weighted by Gasteiger charge is 2.84. The number of benzene rings is 4. The van der Waals surface area contributed by atoms with E-state index in [-0.39, 0.29) is 11.8 Å². The van der Waals surface area contributed by atoms with Gasteiger partial charge in [0.1, 0.15) is 10.8 Å². The molecule has 0 heterocycles. The van der Waals surface area contributed by atoms with Crippen molar-refractivity contribution >= 4 is 11.9 Å². The Kier molecular flexibility index (Phi) is 4.21. The third kappa shape index (κ3) is 2.09. The van der Waals surface area contributed by atoms with Crippen LogP contribution in [0.3, 0.4) is 0 Å². The lowest BCUT2D eigenvalue weighted by molar-refractivity contribution is -0.179. The molecular weight excluding hydrogens is 448 g/mol. The van der Waals surface area contributed by atoms with E-state index in [4.69, 9.17) is 9.47 Å². The average Bonchev–Trinajstić information content (AvgIpc) is 2.93. The van der Waals surface area contributed by atoms with Gasteiger partial charge in [-0.2, -0.15) is 0 Å². The van der Waals surface area contributed by atoms with Gasteiger partial charge in [-0.15, -0.1) is 0 Å². The molecule has 0 spiro atoms. The molecule has 0 aliphatic heterocycles. The molecule has 4 nitrogen and oxygen atoms in total. The Labute approximate surface area is 209 Å². The van der Waals surface area contributed by atoms with Crippen LogP contribution in [0.4, 0.5) is 0 Å². The van der Waals surface area contributed by atoms with Crippen molar-refractivity contribution in [3.8, 4) is 22.3 Å². The standard InChI is InChI=1S/C32H24O4/c1-35-29(33)31-25-17-9-7-13-21(25)19-11-3-5-15-23(19)27(31)28-24-16-6-4-12-20(24)22-14-8-10-18-26(22)32(28,31)30(34)36-2/h3-18,27-28H,1-2H3/t27-,28-,31-,32-/m0/s1. The predicted molar refractivity (Wildman–Crippen MR) is 137 cm³/mol. The molecule has 0 bridgehead atoms. The molecule has 4 atom stereocenters. The van der Waals surface area contributed by atoms with Crippen molar-refractivity contribution in [3.63, 3.8) is 0 Å². The van der Waals surface area contributed by atoms with Crippen LogP contribution in [0.15, 0.2) is 97.1 Å². The van der Waals surface area contributed by atoms with Crippen LogP contribution in [0.2, 0.25) is 0 Å². The molecule has 0 aromatic heterocycles. The maximum Gasteiger partial charge on any atom is 0.318 e. The molecule has 176 valence electrons. The van der Waals surface area contributed by atoms with Crippen molar-refractivity contribution in [1.82, 2.24) is 0 Å². The zero-order chi connectivity index (χ0) is 24.7. The van der Waals surface area contributed by atoms with E-state index in [1.807, 2.05) is 72.8 Å². The van der Waals surface area contributed by atoms with Crippen molar-refractivity contribution in [3.05, 3.63) is 119 Å². The third-order valence-corrected chi connectivity index (χ3v) is 8.78. The van der Waals surface area contributed by atoms with Gasteiger partial charge in [-0.3, -0.25) is 9.59 Å². The second-order valence-corrected chi connectivity index (χ2v) is 9.82. The molecule has 1 saturated carbocycles. The molecule has 1 fully saturated rings. The van der Waals surface area contributed by atoms with E-state index >= 15 is 0 Å². The molecule has 4 heteroatoms. The second-order valence-electron chi connectivity index (χ2n) is 9.82. The van der Waals surface area contributed by atoms with E-state index < -0.39 is 22.8 Å². The van der Waals surface area contributed by atoms with Gasteiger partial charge in [-0.1, -0.05) is 97.1 Å². The van der Waals surface area contributed by atoms with E-state index in [1.54, 1.807) is 0 Å². The molecule has 3 aliphatic rings. The summed E-state index contributed by atoms with van der Waals surface area (Å²) in [5.41, 5.74) is 5.26. The first-order valence-corrected chi connectivity index (χ1v) is 12.2. The van der Waals surface area contributed by atoms with Crippen molar-refractivity contribution in [2.75, 3.05) is 14.2 Å². The molecule has 4 aromatic rings. The monoisotopic (exact) mass is 472 g/mol. The Morgan fingerprint density at radius 1 is 0.528 bits per heavy atom. The molecule has 3 aliphatic carbocycles. The molecule has 0 radical (unpaired) electrons. The number of hydrogen-bond acceptors (Lipinski definition) is 4. The fourth-order valence-electron chi connectivity index (χ4n) is 7.75. The maximum absolute atomic E-state index is 14.3. The molecule has 0 saturated heterocycles. The topological polar surface area (TPSA) is 52.6 Å². The van der Waals surface area contributed by atoms with Crippen molar-refractivity contribution < 1.29 is 19.1 Å². The predicted octanol–water partition coefficient (Wildman–Crippen LogP) is 5.75. The minimum Gasteiger partial charge on any atom is -0.468 e. The van der Waals surface area contributed by atoms with Gasteiger partial charge < -0.3 is 9.47 Å². The number of rotatable bonds is 2. The summed E-state index contributed by atoms with van der Waals surface area (Å²) >= 11 is 0. The van der Waals surface area contributed by atoms with Gasteiger partial charge in [0, 0.05) is 11.8 Å². The van der Waals surface area contributed by atoms with E-state index in [0.29, 0.717) is 0 Å². The number of fused-ring (bicyclic) bond motifs is 14.